The minimum absolute atomic E-state index is 0.0949. The Hall–Kier alpha value is -1.98. The second kappa shape index (κ2) is 3.88. The number of halogens is 2. The highest BCUT2D eigenvalue weighted by molar-refractivity contribution is 5.63. The van der Waals surface area contributed by atoms with Crippen LogP contribution >= 0.6 is 0 Å². The van der Waals surface area contributed by atoms with Crippen LogP contribution in [0.25, 0.3) is 6.08 Å². The van der Waals surface area contributed by atoms with Gasteiger partial charge in [0.2, 0.25) is 0 Å². The molecule has 1 aromatic carbocycles. The van der Waals surface area contributed by atoms with Crippen LogP contribution in [-0.2, 0) is 0 Å². The Morgan fingerprint density at radius 1 is 1.44 bits per heavy atom. The standard InChI is InChI=1S/C10H7F2NO3/c11-10(12)9-3-1-6-5-7(13(14)15)2-4-8(6)16-9/h1-5,9-10H. The number of hydrogen-bond donors (Lipinski definition) is 0. The van der Waals surface area contributed by atoms with Crippen LogP contribution in [0.15, 0.2) is 24.3 Å². The van der Waals surface area contributed by atoms with Crippen LogP contribution < -0.4 is 4.74 Å². The third-order valence-electron chi connectivity index (χ3n) is 2.18. The van der Waals surface area contributed by atoms with E-state index in [4.69, 9.17) is 4.74 Å². The van der Waals surface area contributed by atoms with Gasteiger partial charge in [0, 0.05) is 17.7 Å². The Balaban J connectivity index is 2.33. The van der Waals surface area contributed by atoms with Gasteiger partial charge in [-0.05, 0) is 12.1 Å². The normalized spacial score (nSPS) is 18.1. The van der Waals surface area contributed by atoms with Gasteiger partial charge < -0.3 is 4.74 Å². The van der Waals surface area contributed by atoms with Crippen molar-refractivity contribution in [3.8, 4) is 5.75 Å². The van der Waals surface area contributed by atoms with Gasteiger partial charge in [-0.15, -0.1) is 0 Å². The molecule has 84 valence electrons. The molecular weight excluding hydrogens is 220 g/mol. The molecule has 0 aromatic heterocycles. The van der Waals surface area contributed by atoms with Crippen molar-refractivity contribution in [2.45, 2.75) is 12.5 Å². The first-order valence-corrected chi connectivity index (χ1v) is 4.49. The van der Waals surface area contributed by atoms with Crippen LogP contribution in [0.4, 0.5) is 14.5 Å². The Morgan fingerprint density at radius 2 is 2.19 bits per heavy atom. The second-order valence-corrected chi connectivity index (χ2v) is 3.26. The van der Waals surface area contributed by atoms with Crippen LogP contribution in [0.2, 0.25) is 0 Å². The molecular formula is C10H7F2NO3. The predicted molar refractivity (Wildman–Crippen MR) is 52.6 cm³/mol. The number of nitrogens with zero attached hydrogens (tertiary/aromatic N) is 1. The molecule has 1 aromatic rings. The lowest BCUT2D eigenvalue weighted by molar-refractivity contribution is -0.384. The van der Waals surface area contributed by atoms with Gasteiger partial charge in [0.15, 0.2) is 6.10 Å². The van der Waals surface area contributed by atoms with E-state index in [1.54, 1.807) is 0 Å². The highest BCUT2D eigenvalue weighted by Gasteiger charge is 2.24. The molecule has 1 aliphatic heterocycles. The number of ether oxygens (including phenoxy) is 1. The minimum Gasteiger partial charge on any atom is -0.480 e. The summed E-state index contributed by atoms with van der Waals surface area (Å²) in [6.45, 7) is 0. The quantitative estimate of drug-likeness (QED) is 0.576. The average molecular weight is 227 g/mol. The summed E-state index contributed by atoms with van der Waals surface area (Å²) in [7, 11) is 0. The number of nitro groups is 1. The van der Waals surface area contributed by atoms with Gasteiger partial charge in [0.05, 0.1) is 4.92 Å². The molecule has 1 unspecified atom stereocenters. The maximum atomic E-state index is 12.3. The van der Waals surface area contributed by atoms with Crippen molar-refractivity contribution in [1.29, 1.82) is 0 Å². The van der Waals surface area contributed by atoms with E-state index in [1.807, 2.05) is 0 Å². The highest BCUT2D eigenvalue weighted by Crippen LogP contribution is 2.30. The molecule has 6 heteroatoms. The first-order valence-electron chi connectivity index (χ1n) is 4.49. The Morgan fingerprint density at radius 3 is 2.81 bits per heavy atom. The van der Waals surface area contributed by atoms with Crippen molar-refractivity contribution in [3.63, 3.8) is 0 Å². The summed E-state index contributed by atoms with van der Waals surface area (Å²) in [6.07, 6.45) is -1.30. The van der Waals surface area contributed by atoms with E-state index >= 15 is 0 Å². The van der Waals surface area contributed by atoms with E-state index < -0.39 is 17.5 Å². The number of hydrogen-bond acceptors (Lipinski definition) is 3. The zero-order valence-corrected chi connectivity index (χ0v) is 7.97. The molecule has 0 spiro atoms. The molecule has 0 saturated carbocycles. The van der Waals surface area contributed by atoms with Crippen molar-refractivity contribution in [2.75, 3.05) is 0 Å². The second-order valence-electron chi connectivity index (χ2n) is 3.26. The Kier molecular flexibility index (Phi) is 2.55. The Labute approximate surface area is 89.3 Å². The van der Waals surface area contributed by atoms with Crippen LogP contribution in [-0.4, -0.2) is 17.5 Å². The molecule has 0 bridgehead atoms. The zero-order chi connectivity index (χ0) is 11.7. The van der Waals surface area contributed by atoms with E-state index in [9.17, 15) is 18.9 Å². The van der Waals surface area contributed by atoms with Crippen molar-refractivity contribution in [3.05, 3.63) is 40.0 Å². The fraction of sp³-hybridized carbons (Fsp3) is 0.200. The maximum absolute atomic E-state index is 12.3. The lowest BCUT2D eigenvalue weighted by Gasteiger charge is -2.20. The van der Waals surface area contributed by atoms with Crippen LogP contribution in [0.3, 0.4) is 0 Å². The number of benzene rings is 1. The largest absolute Gasteiger partial charge is 0.480 e. The summed E-state index contributed by atoms with van der Waals surface area (Å²) in [5.74, 6) is 0.235. The van der Waals surface area contributed by atoms with Gasteiger partial charge in [0.1, 0.15) is 5.75 Å². The van der Waals surface area contributed by atoms with Crippen LogP contribution in [0, 0.1) is 10.1 Å². The molecule has 4 nitrogen and oxygen atoms in total. The first-order chi connectivity index (χ1) is 7.58. The molecule has 0 saturated heterocycles. The van der Waals surface area contributed by atoms with E-state index in [1.165, 1.54) is 30.4 Å². The van der Waals surface area contributed by atoms with Crippen molar-refractivity contribution in [1.82, 2.24) is 0 Å². The van der Waals surface area contributed by atoms with Gasteiger partial charge in [0.25, 0.3) is 12.1 Å². The Bertz CT molecular complexity index is 459. The summed E-state index contributed by atoms with van der Waals surface area (Å²) in [4.78, 5) is 9.93. The molecule has 16 heavy (non-hydrogen) atoms. The van der Waals surface area contributed by atoms with Crippen molar-refractivity contribution >= 4 is 11.8 Å². The molecule has 2 rings (SSSR count). The fourth-order valence-corrected chi connectivity index (χ4v) is 1.41. The lowest BCUT2D eigenvalue weighted by atomic mass is 10.1. The summed E-state index contributed by atoms with van der Waals surface area (Å²) in [5, 5.41) is 10.5. The summed E-state index contributed by atoms with van der Waals surface area (Å²) < 4.78 is 29.6. The fourth-order valence-electron chi connectivity index (χ4n) is 1.41. The van der Waals surface area contributed by atoms with Crippen LogP contribution in [0.5, 0.6) is 5.75 Å². The highest BCUT2D eigenvalue weighted by atomic mass is 19.3. The SMILES string of the molecule is O=[N+]([O-])c1ccc2c(c1)C=CC(C(F)F)O2. The maximum Gasteiger partial charge on any atom is 0.278 e. The zero-order valence-electron chi connectivity index (χ0n) is 7.97. The molecule has 0 fully saturated rings. The summed E-state index contributed by atoms with van der Waals surface area (Å²) >= 11 is 0. The molecule has 1 atom stereocenters. The summed E-state index contributed by atoms with van der Waals surface area (Å²) in [5.41, 5.74) is 0.341. The number of fused-ring (bicyclic) bond motifs is 1. The van der Waals surface area contributed by atoms with E-state index in [0.29, 0.717) is 5.56 Å². The third-order valence-corrected chi connectivity index (χ3v) is 2.18. The molecule has 1 aliphatic rings. The molecule has 1 heterocycles. The predicted octanol–water partition coefficient (Wildman–Crippen LogP) is 2.63. The summed E-state index contributed by atoms with van der Waals surface area (Å²) in [6, 6.07) is 3.83. The van der Waals surface area contributed by atoms with Crippen LogP contribution in [0.1, 0.15) is 5.56 Å². The number of non-ortho nitro benzene ring substituents is 1. The molecule has 0 aliphatic carbocycles. The monoisotopic (exact) mass is 227 g/mol. The average Bonchev–Trinajstić information content (AvgIpc) is 2.27. The minimum atomic E-state index is -2.61. The topological polar surface area (TPSA) is 52.4 Å². The first kappa shape index (κ1) is 10.5. The van der Waals surface area contributed by atoms with Gasteiger partial charge >= 0.3 is 0 Å². The third kappa shape index (κ3) is 1.86. The van der Waals surface area contributed by atoms with Gasteiger partial charge in [-0.2, -0.15) is 0 Å². The molecule has 0 N–H and O–H groups in total. The number of rotatable bonds is 2. The van der Waals surface area contributed by atoms with Crippen molar-refractivity contribution in [2.24, 2.45) is 0 Å². The molecule has 0 amide bonds. The molecule has 0 radical (unpaired) electrons. The van der Waals surface area contributed by atoms with E-state index in [0.717, 1.165) is 0 Å². The van der Waals surface area contributed by atoms with Gasteiger partial charge in [-0.1, -0.05) is 6.08 Å². The van der Waals surface area contributed by atoms with E-state index in [-0.39, 0.29) is 11.4 Å². The van der Waals surface area contributed by atoms with E-state index in [2.05, 4.69) is 0 Å². The van der Waals surface area contributed by atoms with Gasteiger partial charge in [-0.25, -0.2) is 8.78 Å². The lowest BCUT2D eigenvalue weighted by Crippen LogP contribution is -2.24. The van der Waals surface area contributed by atoms with Gasteiger partial charge in [-0.3, -0.25) is 10.1 Å². The smallest absolute Gasteiger partial charge is 0.278 e. The number of alkyl halides is 2. The number of nitro benzene ring substituents is 1. The van der Waals surface area contributed by atoms with Crippen molar-refractivity contribution < 1.29 is 18.4 Å².